The fourth-order valence-corrected chi connectivity index (χ4v) is 16.1. The Hall–Kier alpha value is -13.6. The summed E-state index contributed by atoms with van der Waals surface area (Å²) < 4.78 is 0. The molecule has 2 aliphatic rings. The molecule has 0 bridgehead atoms. The van der Waals surface area contributed by atoms with Gasteiger partial charge in [0.05, 0.1) is 38.5 Å². The SMILES string of the molecule is CC[C@H](C)[C@H](NC(=O)CNC(=O)CNC(=O)[C@H](C)NC(=O)[C@@H]1CCCN1C(=O)[C@H](C)NC(=O)[C@H](CCSC)NC(=O)[C@H](C)NC(=O)CNC(=O)[C@H](CCC(N)=O)NC(=O)[C@H](CCCNC(=N)N)NC(=O)[C@@H]1CCCN1C(=O)[C@H](CCC(=O)O)NC(=O)[C@H](CC(N)=O)NC(=O)[C@@H](NC(=O)[C@@H](NC(=O)[C@H](Cc1ccccc1)NC(=O)[C@@H](NC(=O)[C@@H](N)CCSC)[C@@H](C)CC)[C@@H](C)CC)C(C)C)C(=O)N[C@@H](CC(N)=O)C(=O)O. The molecular weight excluding hydrogens is 1940 g/mol. The second-order valence-corrected chi connectivity index (χ2v) is 38.1. The molecule has 2 aliphatic heterocycles. The lowest BCUT2D eigenvalue weighted by Crippen LogP contribution is -2.62. The zero-order chi connectivity index (χ0) is 109. The first kappa shape index (κ1) is 126. The molecule has 31 N–H and O–H groups in total. The van der Waals surface area contributed by atoms with Gasteiger partial charge in [0.15, 0.2) is 5.96 Å². The fraction of sp³-hybridized carbons (Fsp3) is 0.659. The summed E-state index contributed by atoms with van der Waals surface area (Å²) in [6.45, 7) is 14.6. The molecule has 2 saturated heterocycles. The van der Waals surface area contributed by atoms with Crippen molar-refractivity contribution in [2.24, 2.45) is 52.3 Å². The predicted molar refractivity (Wildman–Crippen MR) is 530 cm³/mol. The van der Waals surface area contributed by atoms with Gasteiger partial charge in [-0.15, -0.1) is 0 Å². The van der Waals surface area contributed by atoms with Crippen molar-refractivity contribution in [2.75, 3.05) is 63.3 Å². The standard InChI is InChI=1S/C91H148N26O26S2/c1-14-46(6)71(85(137)111-60(90(142)143)41-65(95)120)112-68(123)43-99-66(121)42-100-74(126)49(9)103-82(134)61-26-21-35-116(61)88(140)51(11)104-78(130)56(33-38-145-13)105-75(127)50(10)102-67(122)44-101-77(129)55(28-30-63(93)118)106-79(131)54(25-20-34-98-91(96)97)107-83(135)62-27-22-36-117(62)89(141)57(29-31-69(124)125)108-80(132)59(40-64(94)119)110-84(136)70(45(4)5)113-87(139)73(48(8)16-3)115-81(133)58(39-52-23-18-17-19-24-52)109-86(138)72(47(7)15-2)114-76(128)53(92)32-37-144-12/h17-19,23-24,45-51,53-62,70-73H,14-16,20-22,25-44,92H2,1-13H3,(H2,93,118)(H2,94,119)(H2,95,120)(H,99,121)(H,100,126)(H,101,129)(H,102,122)(H,103,134)(H,104,130)(H,105,127)(H,106,131)(H,107,135)(H,108,132)(H,109,138)(H,110,136)(H,111,137)(H,112,123)(H,113,139)(H,114,128)(H,115,133)(H,124,125)(H,142,143)(H4,96,97,98)/t46-,47-,48-,49-,50-,51-,53-,54-,55-,56-,57-,58-,59-,60-,61-,62-,70-,71-,72-,73-/m0/s1. The minimum atomic E-state index is -1.94. The fourth-order valence-electron chi connectivity index (χ4n) is 15.2. The van der Waals surface area contributed by atoms with Crippen LogP contribution in [0.3, 0.4) is 0 Å². The molecule has 22 amide bonds. The van der Waals surface area contributed by atoms with E-state index in [9.17, 15) is 125 Å². The van der Waals surface area contributed by atoms with Gasteiger partial charge in [0, 0.05) is 38.9 Å². The van der Waals surface area contributed by atoms with Gasteiger partial charge in [0.2, 0.25) is 130 Å². The maximum Gasteiger partial charge on any atom is 0.326 e. The molecule has 1 aromatic carbocycles. The van der Waals surface area contributed by atoms with E-state index in [4.69, 9.17) is 34.1 Å². The lowest BCUT2D eigenvalue weighted by molar-refractivity contribution is -0.144. The number of aliphatic carboxylic acids is 2. The van der Waals surface area contributed by atoms with Crippen LogP contribution < -0.4 is 124 Å². The van der Waals surface area contributed by atoms with Crippen LogP contribution in [0.25, 0.3) is 0 Å². The van der Waals surface area contributed by atoms with Crippen molar-refractivity contribution in [1.82, 2.24) is 106 Å². The van der Waals surface area contributed by atoms with Gasteiger partial charge in [-0.3, -0.25) is 116 Å². The zero-order valence-electron chi connectivity index (χ0n) is 84.2. The molecular formula is C91H148N26O26S2. The van der Waals surface area contributed by atoms with Gasteiger partial charge in [-0.25, -0.2) is 4.79 Å². The maximum absolute atomic E-state index is 14.9. The summed E-state index contributed by atoms with van der Waals surface area (Å²) in [7, 11) is 0. The zero-order valence-corrected chi connectivity index (χ0v) is 85.8. The van der Waals surface area contributed by atoms with E-state index < -0.39 is 332 Å². The van der Waals surface area contributed by atoms with Crippen LogP contribution in [0.4, 0.5) is 0 Å². The van der Waals surface area contributed by atoms with Crippen LogP contribution in [0.5, 0.6) is 0 Å². The molecule has 0 radical (unpaired) electrons. The molecule has 810 valence electrons. The van der Waals surface area contributed by atoms with Crippen molar-refractivity contribution in [3.8, 4) is 0 Å². The molecule has 2 fully saturated rings. The van der Waals surface area contributed by atoms with E-state index in [1.807, 2.05) is 13.2 Å². The van der Waals surface area contributed by atoms with Gasteiger partial charge in [-0.05, 0) is 138 Å². The second kappa shape index (κ2) is 64.2. The molecule has 20 atom stereocenters. The van der Waals surface area contributed by atoms with Gasteiger partial charge < -0.3 is 144 Å². The molecule has 1 aromatic rings. The first-order valence-electron chi connectivity index (χ1n) is 48.1. The van der Waals surface area contributed by atoms with E-state index in [2.05, 4.69) is 95.7 Å². The van der Waals surface area contributed by atoms with Gasteiger partial charge in [0.25, 0.3) is 0 Å². The summed E-state index contributed by atoms with van der Waals surface area (Å²) in [5.74, 6) is -25.5. The van der Waals surface area contributed by atoms with Gasteiger partial charge in [-0.1, -0.05) is 105 Å². The van der Waals surface area contributed by atoms with Crippen LogP contribution in [-0.2, 0) is 121 Å². The maximum atomic E-state index is 14.9. The number of rotatable bonds is 66. The molecule has 3 rings (SSSR count). The number of nitrogens with one attached hydrogen (secondary N) is 19. The molecule has 0 aromatic heterocycles. The molecule has 0 aliphatic carbocycles. The van der Waals surface area contributed by atoms with Crippen molar-refractivity contribution in [2.45, 2.75) is 294 Å². The lowest BCUT2D eigenvalue weighted by Gasteiger charge is -2.32. The van der Waals surface area contributed by atoms with Crippen LogP contribution in [0.15, 0.2) is 30.3 Å². The van der Waals surface area contributed by atoms with E-state index in [1.165, 1.54) is 63.0 Å². The quantitative estimate of drug-likeness (QED) is 0.0164. The Kier molecular flexibility index (Phi) is 55.6. The predicted octanol–water partition coefficient (Wildman–Crippen LogP) is -7.74. The number of thioether (sulfide) groups is 2. The Morgan fingerprint density at radius 2 is 0.814 bits per heavy atom. The Morgan fingerprint density at radius 3 is 1.35 bits per heavy atom. The summed E-state index contributed by atoms with van der Waals surface area (Å²) in [6, 6.07) is -15.8. The second-order valence-electron chi connectivity index (χ2n) is 36.1. The smallest absolute Gasteiger partial charge is 0.326 e. The summed E-state index contributed by atoms with van der Waals surface area (Å²) in [5.41, 5.74) is 28.5. The van der Waals surface area contributed by atoms with Crippen LogP contribution in [0.1, 0.15) is 191 Å². The third-order valence-corrected chi connectivity index (χ3v) is 25.5. The number of hydrogen-bond acceptors (Lipinski definition) is 28. The molecule has 52 nitrogen and oxygen atoms in total. The van der Waals surface area contributed by atoms with E-state index in [0.717, 1.165) is 4.90 Å². The van der Waals surface area contributed by atoms with Gasteiger partial charge in [0.1, 0.15) is 96.7 Å². The number of carbonyl (C=O) groups excluding carboxylic acids is 22. The Balaban J connectivity index is 1.77. The number of carbonyl (C=O) groups is 24. The summed E-state index contributed by atoms with van der Waals surface area (Å²) in [5, 5.41) is 71.7. The van der Waals surface area contributed by atoms with Crippen LogP contribution >= 0.6 is 23.5 Å². The largest absolute Gasteiger partial charge is 0.481 e. The van der Waals surface area contributed by atoms with Crippen molar-refractivity contribution >= 4 is 171 Å². The third kappa shape index (κ3) is 44.3. The monoisotopic (exact) mass is 2090 g/mol. The number of carboxylic acid groups (broad SMARTS) is 2. The Bertz CT molecular complexity index is 4700. The van der Waals surface area contributed by atoms with E-state index in [1.54, 1.807) is 71.2 Å². The molecule has 0 saturated carbocycles. The molecule has 54 heteroatoms. The normalized spacial score (nSPS) is 16.9. The van der Waals surface area contributed by atoms with Crippen molar-refractivity contribution in [1.29, 1.82) is 5.41 Å². The van der Waals surface area contributed by atoms with Crippen molar-refractivity contribution in [3.05, 3.63) is 35.9 Å². The van der Waals surface area contributed by atoms with E-state index in [-0.39, 0.29) is 76.8 Å². The minimum Gasteiger partial charge on any atom is -0.481 e. The summed E-state index contributed by atoms with van der Waals surface area (Å²) in [6.07, 6.45) is 0.813. The molecule has 145 heavy (non-hydrogen) atoms. The summed E-state index contributed by atoms with van der Waals surface area (Å²) in [4.78, 5) is 327. The number of nitrogens with zero attached hydrogens (tertiary/aromatic N) is 2. The highest BCUT2D eigenvalue weighted by atomic mass is 32.2. The number of primary amides is 3. The number of guanidine groups is 1. The highest BCUT2D eigenvalue weighted by Crippen LogP contribution is 2.24. The van der Waals surface area contributed by atoms with Crippen LogP contribution in [-0.4, -0.2) is 334 Å². The Labute approximate surface area is 849 Å². The molecule has 2 heterocycles. The minimum absolute atomic E-state index is 0.0160. The summed E-state index contributed by atoms with van der Waals surface area (Å²) >= 11 is 2.78. The highest BCUT2D eigenvalue weighted by Gasteiger charge is 2.45. The van der Waals surface area contributed by atoms with Gasteiger partial charge in [-0.2, -0.15) is 23.5 Å². The third-order valence-electron chi connectivity index (χ3n) is 24.2. The number of likely N-dealkylation sites (tertiary alicyclic amines) is 2. The van der Waals surface area contributed by atoms with Crippen LogP contribution in [0, 0.1) is 29.1 Å². The first-order valence-corrected chi connectivity index (χ1v) is 50.8. The van der Waals surface area contributed by atoms with Crippen molar-refractivity contribution in [3.63, 3.8) is 0 Å². The topological polar surface area (TPSA) is 827 Å². The first-order chi connectivity index (χ1) is 68.2. The van der Waals surface area contributed by atoms with E-state index in [0.29, 0.717) is 37.0 Å². The highest BCUT2D eigenvalue weighted by molar-refractivity contribution is 7.98. The molecule has 0 unspecified atom stereocenters. The van der Waals surface area contributed by atoms with E-state index >= 15 is 0 Å². The number of amides is 22. The van der Waals surface area contributed by atoms with Crippen LogP contribution in [0.2, 0.25) is 0 Å². The number of benzene rings is 1. The number of hydrogen-bond donors (Lipinski definition) is 26. The molecule has 0 spiro atoms. The van der Waals surface area contributed by atoms with Gasteiger partial charge >= 0.3 is 11.9 Å². The van der Waals surface area contributed by atoms with Crippen molar-refractivity contribution < 1.29 is 125 Å². The lowest BCUT2D eigenvalue weighted by atomic mass is 9.95. The number of carboxylic acids is 2. The average Bonchev–Trinajstić information content (AvgIpc) is 1.74. The Morgan fingerprint density at radius 1 is 0.393 bits per heavy atom. The number of nitrogens with two attached hydrogens (primary N) is 5. The average molecular weight is 2090 g/mol.